The van der Waals surface area contributed by atoms with Crippen molar-refractivity contribution in [3.63, 3.8) is 0 Å². The van der Waals surface area contributed by atoms with Crippen LogP contribution in [0.15, 0.2) is 161 Å². The molecule has 0 aliphatic carbocycles. The average Bonchev–Trinajstić information content (AvgIpc) is 3.38. The van der Waals surface area contributed by atoms with Gasteiger partial charge in [-0.2, -0.15) is 0 Å². The molecule has 2 N–H and O–H groups in total. The van der Waals surface area contributed by atoms with E-state index in [1.165, 1.54) is 73.8 Å². The number of aromatic hydroxyl groups is 2. The zero-order valence-electron chi connectivity index (χ0n) is 37.8. The molecule has 1 aliphatic rings. The summed E-state index contributed by atoms with van der Waals surface area (Å²) in [6, 6.07) is 38.3. The first-order chi connectivity index (χ1) is 34.0. The van der Waals surface area contributed by atoms with E-state index in [9.17, 15) is 34.2 Å². The van der Waals surface area contributed by atoms with Gasteiger partial charge in [0.05, 0.1) is 36.0 Å². The van der Waals surface area contributed by atoms with Gasteiger partial charge in [0.15, 0.2) is 29.5 Å². The molecular weight excluding hydrogens is 905 g/mol. The molecule has 0 saturated carbocycles. The summed E-state index contributed by atoms with van der Waals surface area (Å²) in [5, 5.41) is 22.0. The molecule has 2 heterocycles. The molecule has 1 aromatic heterocycles. The Morgan fingerprint density at radius 1 is 0.614 bits per heavy atom. The molecule has 0 amide bonds. The number of phenolic OH excluding ortho intramolecular Hbond substituents is 2. The Labute approximate surface area is 400 Å². The van der Waals surface area contributed by atoms with Crippen molar-refractivity contribution in [3.05, 3.63) is 184 Å². The van der Waals surface area contributed by atoms with Crippen molar-refractivity contribution in [2.45, 2.75) is 50.5 Å². The molecule has 70 heavy (non-hydrogen) atoms. The van der Waals surface area contributed by atoms with Crippen molar-refractivity contribution in [3.8, 4) is 40.1 Å². The van der Waals surface area contributed by atoms with Crippen LogP contribution in [0.4, 0.5) is 0 Å². The molecule has 0 radical (unpaired) electrons. The van der Waals surface area contributed by atoms with Gasteiger partial charge in [-0.15, -0.1) is 0 Å². The number of methoxy groups -OCH3 is 1. The highest BCUT2D eigenvalue weighted by atomic mass is 16.7. The van der Waals surface area contributed by atoms with Crippen molar-refractivity contribution >= 4 is 34.8 Å². The molecule has 16 heteroatoms. The van der Waals surface area contributed by atoms with Gasteiger partial charge in [-0.05, 0) is 73.2 Å². The largest absolute Gasteiger partial charge is 0.507 e. The first kappa shape index (κ1) is 47.8. The van der Waals surface area contributed by atoms with Gasteiger partial charge in [-0.1, -0.05) is 86.1 Å². The predicted molar refractivity (Wildman–Crippen MR) is 251 cm³/mol. The minimum atomic E-state index is -1.81. The fourth-order valence-corrected chi connectivity index (χ4v) is 7.56. The van der Waals surface area contributed by atoms with Crippen molar-refractivity contribution < 1.29 is 71.7 Å². The molecule has 1 aliphatic heterocycles. The number of esters is 4. The van der Waals surface area contributed by atoms with E-state index in [2.05, 4.69) is 0 Å². The molecule has 2 unspecified atom stereocenters. The summed E-state index contributed by atoms with van der Waals surface area (Å²) in [6.07, 6.45) is -6.88. The second-order valence-electron chi connectivity index (χ2n) is 15.8. The number of unbranched alkanes of at least 4 members (excludes halogenated alkanes) is 1. The summed E-state index contributed by atoms with van der Waals surface area (Å²) in [7, 11) is 1.24. The minimum absolute atomic E-state index is 0.0734. The maximum atomic E-state index is 14.1. The molecule has 7 aromatic rings. The fourth-order valence-electron chi connectivity index (χ4n) is 7.56. The number of fused-ring (bicyclic) bond motifs is 1. The lowest BCUT2D eigenvalue weighted by molar-refractivity contribution is -0.275. The lowest BCUT2D eigenvalue weighted by Gasteiger charge is -2.44. The van der Waals surface area contributed by atoms with E-state index in [0.29, 0.717) is 6.61 Å². The average molecular weight is 951 g/mol. The highest BCUT2D eigenvalue weighted by molar-refractivity contribution is 5.92. The van der Waals surface area contributed by atoms with Gasteiger partial charge in [-0.3, -0.25) is 4.79 Å². The third-order valence-electron chi connectivity index (χ3n) is 11.1. The zero-order valence-corrected chi connectivity index (χ0v) is 37.8. The van der Waals surface area contributed by atoms with Gasteiger partial charge in [0.1, 0.15) is 35.2 Å². The Kier molecular flexibility index (Phi) is 15.0. The second-order valence-corrected chi connectivity index (χ2v) is 15.8. The second kappa shape index (κ2) is 22.0. The topological polar surface area (TPSA) is 213 Å². The predicted octanol–water partition coefficient (Wildman–Crippen LogP) is 8.70. The van der Waals surface area contributed by atoms with E-state index >= 15 is 0 Å². The minimum Gasteiger partial charge on any atom is -0.507 e. The first-order valence-electron chi connectivity index (χ1n) is 22.2. The maximum Gasteiger partial charge on any atom is 0.338 e. The normalized spacial score (nSPS) is 17.4. The van der Waals surface area contributed by atoms with Crippen LogP contribution in [0, 0.1) is 0 Å². The summed E-state index contributed by atoms with van der Waals surface area (Å²) in [6.45, 7) is 1.74. The van der Waals surface area contributed by atoms with Crippen LogP contribution < -0.4 is 19.6 Å². The van der Waals surface area contributed by atoms with Crippen molar-refractivity contribution in [2.75, 3.05) is 20.3 Å². The summed E-state index contributed by atoms with van der Waals surface area (Å²) in [5.41, 5.74) is -0.342. The van der Waals surface area contributed by atoms with Crippen molar-refractivity contribution in [1.29, 1.82) is 0 Å². The van der Waals surface area contributed by atoms with Crippen LogP contribution in [0.1, 0.15) is 61.2 Å². The molecule has 5 atom stereocenters. The number of benzene rings is 6. The highest BCUT2D eigenvalue weighted by Crippen LogP contribution is 2.40. The zero-order chi connectivity index (χ0) is 49.1. The molecule has 0 bridgehead atoms. The van der Waals surface area contributed by atoms with Gasteiger partial charge < -0.3 is 52.5 Å². The fraction of sp³-hybridized carbons (Fsp3) is 0.204. The number of ether oxygens (including phenoxy) is 8. The van der Waals surface area contributed by atoms with Gasteiger partial charge in [0, 0.05) is 17.7 Å². The van der Waals surface area contributed by atoms with Crippen LogP contribution in [-0.4, -0.2) is 85.1 Å². The Morgan fingerprint density at radius 3 is 1.67 bits per heavy atom. The van der Waals surface area contributed by atoms with E-state index in [1.807, 2.05) is 6.92 Å². The molecule has 16 nitrogen and oxygen atoms in total. The van der Waals surface area contributed by atoms with E-state index in [0.717, 1.165) is 18.9 Å². The summed E-state index contributed by atoms with van der Waals surface area (Å²) >= 11 is 0. The molecule has 358 valence electrons. The number of rotatable bonds is 17. The number of hydrogen-bond acceptors (Lipinski definition) is 16. The molecule has 0 spiro atoms. The molecule has 6 aromatic carbocycles. The van der Waals surface area contributed by atoms with Gasteiger partial charge >= 0.3 is 23.9 Å². The Morgan fingerprint density at radius 2 is 1.14 bits per heavy atom. The molecule has 8 rings (SSSR count). The lowest BCUT2D eigenvalue weighted by atomic mass is 9.97. The van der Waals surface area contributed by atoms with E-state index in [-0.39, 0.29) is 67.5 Å². The Bertz CT molecular complexity index is 3010. The Hall–Kier alpha value is -8.63. The monoisotopic (exact) mass is 950 g/mol. The van der Waals surface area contributed by atoms with Crippen LogP contribution in [0.2, 0.25) is 0 Å². The van der Waals surface area contributed by atoms with Gasteiger partial charge in [0.2, 0.25) is 23.6 Å². The number of hydrogen-bond donors (Lipinski definition) is 2. The van der Waals surface area contributed by atoms with Crippen LogP contribution in [0.3, 0.4) is 0 Å². The van der Waals surface area contributed by atoms with Crippen LogP contribution in [0.25, 0.3) is 22.3 Å². The van der Waals surface area contributed by atoms with Gasteiger partial charge in [-0.25, -0.2) is 19.2 Å². The van der Waals surface area contributed by atoms with E-state index < -0.39 is 72.4 Å². The first-order valence-corrected chi connectivity index (χ1v) is 22.2. The summed E-state index contributed by atoms with van der Waals surface area (Å²) in [4.78, 5) is 69.5. The highest BCUT2D eigenvalue weighted by Gasteiger charge is 2.54. The van der Waals surface area contributed by atoms with E-state index in [1.54, 1.807) is 78.9 Å². The number of carbonyl (C=O) groups is 4. The third-order valence-corrected chi connectivity index (χ3v) is 11.1. The van der Waals surface area contributed by atoms with Crippen LogP contribution in [0.5, 0.6) is 28.7 Å². The number of phenols is 2. The maximum absolute atomic E-state index is 14.1. The lowest BCUT2D eigenvalue weighted by Crippen LogP contribution is -2.63. The molecule has 1 saturated heterocycles. The van der Waals surface area contributed by atoms with Gasteiger partial charge in [0.25, 0.3) is 0 Å². The third kappa shape index (κ3) is 10.9. The van der Waals surface area contributed by atoms with Crippen LogP contribution in [-0.2, 0) is 23.7 Å². The molecule has 1 fully saturated rings. The summed E-state index contributed by atoms with van der Waals surface area (Å²) in [5.74, 6) is -4.82. The standard InChI is InChI=1S/C54H46O16/c1-3-4-27-63-40-26-25-36(28-38(40)55)45-47(62-2)44(57)43-39(56)29-37(30-41(43)66-45)65-54-49(70-53(61)35-23-15-8-16-24-35)48(69-52(60)34-21-13-7-14-22-34)46(68-51(59)33-19-11-6-12-20-33)42(67-54)31-64-50(58)32-17-9-5-10-18-32/h5-26,28-30,42,46,48-49,54-56H,3-4,27,31H2,1-2H3/t42?,46-,48?,49+,54-/m1/s1. The smallest absolute Gasteiger partial charge is 0.338 e. The van der Waals surface area contributed by atoms with Crippen molar-refractivity contribution in [2.24, 2.45) is 0 Å². The quantitative estimate of drug-likeness (QED) is 0.0496. The summed E-state index contributed by atoms with van der Waals surface area (Å²) < 4.78 is 54.4. The SMILES string of the molecule is CCCCOc1ccc(-c2oc3cc(O[C@@H]4OC(COC(=O)c5ccccc5)[C@@H](OC(=O)c5ccccc5)C(OC(=O)c5ccccc5)[C@@H]4OC(=O)c4ccccc4)cc(O)c3c(=O)c2OC)cc1O. The van der Waals surface area contributed by atoms with Crippen molar-refractivity contribution in [1.82, 2.24) is 0 Å². The molecular formula is C54H46O16. The number of carbonyl (C=O) groups excluding carboxylic acids is 4. The van der Waals surface area contributed by atoms with E-state index in [4.69, 9.17) is 42.3 Å². The Balaban J connectivity index is 1.23. The van der Waals surface area contributed by atoms with Crippen LogP contribution >= 0.6 is 0 Å².